The fraction of sp³-hybridized carbons (Fsp3) is 0.235. The molecule has 0 aliphatic heterocycles. The minimum absolute atomic E-state index is 0.0995. The number of methoxy groups -OCH3 is 1. The van der Waals surface area contributed by atoms with Crippen LogP contribution in [0.5, 0.6) is 0 Å². The maximum atomic E-state index is 13.1. The van der Waals surface area contributed by atoms with Gasteiger partial charge in [0.2, 0.25) is 0 Å². The molecule has 1 aromatic heterocycles. The third-order valence-corrected chi connectivity index (χ3v) is 3.78. The molecule has 2 rings (SSSR count). The quantitative estimate of drug-likeness (QED) is 0.445. The summed E-state index contributed by atoms with van der Waals surface area (Å²) in [6.45, 7) is 0. The number of benzene rings is 1. The van der Waals surface area contributed by atoms with Crippen LogP contribution >= 0.6 is 0 Å². The largest absolute Gasteiger partial charge is 0.772 e. The van der Waals surface area contributed by atoms with E-state index in [1.807, 2.05) is 0 Å². The first-order valence-electron chi connectivity index (χ1n) is 7.36. The molecule has 0 aliphatic carbocycles. The van der Waals surface area contributed by atoms with Crippen LogP contribution in [0, 0.1) is 11.8 Å². The zero-order valence-corrected chi connectivity index (χ0v) is 14.7. The molecule has 10 heteroatoms. The zero-order chi connectivity index (χ0) is 20.0. The average molecular weight is 397 g/mol. The molecule has 0 bridgehead atoms. The number of alkyl halides is 3. The number of halogens is 3. The van der Waals surface area contributed by atoms with Crippen LogP contribution in [0.15, 0.2) is 30.5 Å². The van der Waals surface area contributed by atoms with E-state index in [1.54, 1.807) is 18.2 Å². The first kappa shape index (κ1) is 20.5. The lowest BCUT2D eigenvalue weighted by molar-refractivity contribution is -0.140. The Balaban J connectivity index is 2.48. The van der Waals surface area contributed by atoms with E-state index in [0.717, 1.165) is 0 Å². The lowest BCUT2D eigenvalue weighted by Gasteiger charge is -2.10. The van der Waals surface area contributed by atoms with Crippen molar-refractivity contribution in [1.29, 1.82) is 0 Å². The molecular weight excluding hydrogens is 385 g/mol. The monoisotopic (exact) mass is 397 g/mol. The number of rotatable bonds is 4. The third-order valence-electron chi connectivity index (χ3n) is 3.29. The second kappa shape index (κ2) is 8.75. The fourth-order valence-corrected chi connectivity index (χ4v) is 2.40. The van der Waals surface area contributed by atoms with Crippen LogP contribution in [0.1, 0.15) is 28.2 Å². The second-order valence-electron chi connectivity index (χ2n) is 5.15. The highest BCUT2D eigenvalue weighted by Gasteiger charge is 2.34. The summed E-state index contributed by atoms with van der Waals surface area (Å²) in [5.74, 6) is 3.40. The Morgan fingerprint density at radius 1 is 1.30 bits per heavy atom. The molecule has 1 heterocycles. The number of aromatic nitrogens is 2. The normalized spacial score (nSPS) is 12.0. The van der Waals surface area contributed by atoms with Crippen molar-refractivity contribution >= 4 is 17.0 Å². The average Bonchev–Trinajstić information content (AvgIpc) is 2.59. The number of nitrogens with zero attached hydrogens (tertiary/aromatic N) is 2. The van der Waals surface area contributed by atoms with Gasteiger partial charge >= 0.3 is 12.1 Å². The van der Waals surface area contributed by atoms with Crippen molar-refractivity contribution in [1.82, 2.24) is 9.97 Å². The summed E-state index contributed by atoms with van der Waals surface area (Å²) < 4.78 is 65.4. The van der Waals surface area contributed by atoms with Gasteiger partial charge in [0.1, 0.15) is 17.1 Å². The molecule has 0 N–H and O–H groups in total. The number of carbonyl (C=O) groups excluding carboxylic acids is 1. The summed E-state index contributed by atoms with van der Waals surface area (Å²) in [6.07, 6.45) is -4.36. The van der Waals surface area contributed by atoms with Crippen molar-refractivity contribution in [2.75, 3.05) is 7.11 Å². The van der Waals surface area contributed by atoms with E-state index in [2.05, 4.69) is 26.5 Å². The van der Waals surface area contributed by atoms with E-state index >= 15 is 0 Å². The van der Waals surface area contributed by atoms with E-state index in [0.29, 0.717) is 17.3 Å². The van der Waals surface area contributed by atoms with Gasteiger partial charge < -0.3 is 9.29 Å². The molecule has 0 amide bonds. The number of esters is 1. The van der Waals surface area contributed by atoms with Gasteiger partial charge in [-0.05, 0) is 28.6 Å². The summed E-state index contributed by atoms with van der Waals surface area (Å²) in [5, 5.41) is 0. The molecule has 0 spiro atoms. The van der Waals surface area contributed by atoms with E-state index in [9.17, 15) is 26.7 Å². The Morgan fingerprint density at radius 3 is 2.63 bits per heavy atom. The fourth-order valence-electron chi connectivity index (χ4n) is 2.05. The van der Waals surface area contributed by atoms with E-state index in [-0.39, 0.29) is 12.2 Å². The molecule has 0 fully saturated rings. The van der Waals surface area contributed by atoms with Crippen molar-refractivity contribution < 1.29 is 31.5 Å². The smallest absolute Gasteiger partial charge is 0.420 e. The van der Waals surface area contributed by atoms with Gasteiger partial charge in [-0.2, -0.15) is 13.2 Å². The molecule has 0 radical (unpaired) electrons. The van der Waals surface area contributed by atoms with Gasteiger partial charge in [-0.15, -0.1) is 0 Å². The molecule has 2 aromatic rings. The second-order valence-corrected chi connectivity index (χ2v) is 6.05. The third kappa shape index (κ3) is 5.87. The van der Waals surface area contributed by atoms with Crippen LogP contribution in [0.2, 0.25) is 0 Å². The first-order chi connectivity index (χ1) is 12.7. The SMILES string of the molecule is COC(=O)Cc1ccccc1C#Cc1nc(CS(=O)[O-])ncc1C(F)(F)F. The van der Waals surface area contributed by atoms with Gasteiger partial charge in [0.25, 0.3) is 0 Å². The zero-order valence-electron chi connectivity index (χ0n) is 13.9. The summed E-state index contributed by atoms with van der Waals surface area (Å²) in [6, 6.07) is 6.39. The summed E-state index contributed by atoms with van der Waals surface area (Å²) in [4.78, 5) is 18.5. The summed E-state index contributed by atoms with van der Waals surface area (Å²) in [7, 11) is 1.22. The Labute approximate surface area is 155 Å². The Morgan fingerprint density at radius 2 is 2.00 bits per heavy atom. The van der Waals surface area contributed by atoms with Crippen LogP contribution in [0.3, 0.4) is 0 Å². The van der Waals surface area contributed by atoms with Crippen LogP contribution < -0.4 is 0 Å². The van der Waals surface area contributed by atoms with Gasteiger partial charge in [0.15, 0.2) is 0 Å². The van der Waals surface area contributed by atoms with Crippen molar-refractivity contribution in [2.45, 2.75) is 18.3 Å². The summed E-state index contributed by atoms with van der Waals surface area (Å²) in [5.41, 5.74) is -1.03. The Hall–Kier alpha value is -2.77. The van der Waals surface area contributed by atoms with E-state index in [4.69, 9.17) is 0 Å². The molecule has 1 aromatic carbocycles. The Bertz CT molecular complexity index is 936. The molecule has 1 atom stereocenters. The van der Waals surface area contributed by atoms with Crippen molar-refractivity contribution in [2.24, 2.45) is 0 Å². The van der Waals surface area contributed by atoms with Gasteiger partial charge in [0.05, 0.1) is 19.3 Å². The molecule has 27 heavy (non-hydrogen) atoms. The number of hydrogen-bond acceptors (Lipinski definition) is 6. The summed E-state index contributed by atoms with van der Waals surface area (Å²) >= 11 is -2.56. The topological polar surface area (TPSA) is 92.2 Å². The molecule has 0 saturated heterocycles. The van der Waals surface area contributed by atoms with E-state index < -0.39 is 40.2 Å². The van der Waals surface area contributed by atoms with Gasteiger partial charge in [0, 0.05) is 11.8 Å². The van der Waals surface area contributed by atoms with Crippen LogP contribution in [0.4, 0.5) is 13.2 Å². The van der Waals surface area contributed by atoms with Crippen LogP contribution in [-0.4, -0.2) is 31.8 Å². The highest BCUT2D eigenvalue weighted by molar-refractivity contribution is 7.78. The van der Waals surface area contributed by atoms with Crippen molar-refractivity contribution in [3.8, 4) is 11.8 Å². The van der Waals surface area contributed by atoms with E-state index in [1.165, 1.54) is 13.2 Å². The minimum atomic E-state index is -4.76. The van der Waals surface area contributed by atoms with Crippen LogP contribution in [0.25, 0.3) is 0 Å². The standard InChI is InChI=1S/C17H13F3N2O4S/c1-26-16(23)8-12-5-3-2-4-11(12)6-7-14-13(17(18,19)20)9-21-15(22-14)10-27(24)25/h2-5,9H,8,10H2,1H3,(H,24,25)/p-1. The first-order valence-corrected chi connectivity index (χ1v) is 8.61. The van der Waals surface area contributed by atoms with Crippen molar-refractivity contribution in [3.63, 3.8) is 0 Å². The lowest BCUT2D eigenvalue weighted by atomic mass is 10.0. The molecule has 142 valence electrons. The van der Waals surface area contributed by atoms with Gasteiger partial charge in [-0.3, -0.25) is 9.00 Å². The Kier molecular flexibility index (Phi) is 6.65. The minimum Gasteiger partial charge on any atom is -0.772 e. The highest BCUT2D eigenvalue weighted by Crippen LogP contribution is 2.30. The predicted octanol–water partition coefficient (Wildman–Crippen LogP) is 1.99. The van der Waals surface area contributed by atoms with Crippen LogP contribution in [-0.2, 0) is 39.0 Å². The molecule has 0 aliphatic rings. The molecule has 1 unspecified atom stereocenters. The molecule has 0 saturated carbocycles. The number of ether oxygens (including phenoxy) is 1. The van der Waals surface area contributed by atoms with Crippen molar-refractivity contribution in [3.05, 3.63) is 58.7 Å². The maximum Gasteiger partial charge on any atom is 0.420 e. The molecular formula is C17H12F3N2O4S-. The number of carbonyl (C=O) groups is 1. The highest BCUT2D eigenvalue weighted by atomic mass is 32.2. The van der Waals surface area contributed by atoms with Gasteiger partial charge in [-0.25, -0.2) is 9.97 Å². The number of hydrogen-bond donors (Lipinski definition) is 0. The van der Waals surface area contributed by atoms with Gasteiger partial charge in [-0.1, -0.05) is 24.1 Å². The predicted molar refractivity (Wildman–Crippen MR) is 87.8 cm³/mol. The lowest BCUT2D eigenvalue weighted by Crippen LogP contribution is -2.12. The maximum absolute atomic E-state index is 13.1. The molecule has 6 nitrogen and oxygen atoms in total.